The van der Waals surface area contributed by atoms with Crippen molar-refractivity contribution in [2.45, 2.75) is 0 Å². The number of nitrogens with one attached hydrogen (secondary N) is 1. The van der Waals surface area contributed by atoms with Crippen molar-refractivity contribution in [2.24, 2.45) is 0 Å². The van der Waals surface area contributed by atoms with Crippen LogP contribution in [0.2, 0.25) is 0 Å². The number of carbonyl (C=O) groups is 1. The zero-order valence-corrected chi connectivity index (χ0v) is 7.25. The third-order valence-electron chi connectivity index (χ3n) is 1.55. The van der Waals surface area contributed by atoms with E-state index >= 15 is 0 Å². The lowest BCUT2D eigenvalue weighted by Gasteiger charge is -2.03. The number of phenols is 1. The first-order valence-corrected chi connectivity index (χ1v) is 3.85. The quantitative estimate of drug-likeness (QED) is 0.685. The van der Waals surface area contributed by atoms with Crippen molar-refractivity contribution in [2.75, 3.05) is 6.54 Å². The number of benzene rings is 1. The van der Waals surface area contributed by atoms with Gasteiger partial charge in [0, 0.05) is 0 Å². The Morgan fingerprint density at radius 2 is 2.36 bits per heavy atom. The first kappa shape index (κ1) is 10.1. The lowest BCUT2D eigenvalue weighted by Crippen LogP contribution is -2.23. The summed E-state index contributed by atoms with van der Waals surface area (Å²) < 4.78 is 12.7. The molecule has 0 bridgehead atoms. The van der Waals surface area contributed by atoms with Crippen LogP contribution in [-0.2, 0) is 0 Å². The van der Waals surface area contributed by atoms with Gasteiger partial charge >= 0.3 is 0 Å². The van der Waals surface area contributed by atoms with Gasteiger partial charge in [-0.2, -0.15) is 0 Å². The fourth-order valence-electron chi connectivity index (χ4n) is 0.917. The largest absolute Gasteiger partial charge is 0.507 e. The number of aromatic hydroxyl groups is 1. The standard InChI is InChI=1S/C10H8FNO2/c1-2-5-12-10(14)8-6-7(11)3-4-9(8)13/h1,3-4,6,13H,5H2,(H,12,14). The second-order valence-corrected chi connectivity index (χ2v) is 2.55. The van der Waals surface area contributed by atoms with Crippen LogP contribution in [0.15, 0.2) is 18.2 Å². The summed E-state index contributed by atoms with van der Waals surface area (Å²) in [6.07, 6.45) is 4.92. The zero-order valence-electron chi connectivity index (χ0n) is 7.25. The van der Waals surface area contributed by atoms with Crippen LogP contribution >= 0.6 is 0 Å². The molecular formula is C10H8FNO2. The van der Waals surface area contributed by atoms with E-state index in [4.69, 9.17) is 6.42 Å². The molecule has 1 rings (SSSR count). The molecule has 4 heteroatoms. The van der Waals surface area contributed by atoms with E-state index in [1.807, 2.05) is 0 Å². The van der Waals surface area contributed by atoms with E-state index < -0.39 is 11.7 Å². The molecule has 0 aromatic heterocycles. The summed E-state index contributed by atoms with van der Waals surface area (Å²) in [5.74, 6) is 0.732. The number of amides is 1. The van der Waals surface area contributed by atoms with Gasteiger partial charge in [0.1, 0.15) is 11.6 Å². The summed E-state index contributed by atoms with van der Waals surface area (Å²) in [4.78, 5) is 11.2. The van der Waals surface area contributed by atoms with E-state index in [1.165, 1.54) is 0 Å². The van der Waals surface area contributed by atoms with E-state index in [2.05, 4.69) is 11.2 Å². The van der Waals surface area contributed by atoms with Gasteiger partial charge in [-0.3, -0.25) is 4.79 Å². The summed E-state index contributed by atoms with van der Waals surface area (Å²) in [5.41, 5.74) is -0.125. The molecule has 0 spiro atoms. The van der Waals surface area contributed by atoms with E-state index in [9.17, 15) is 14.3 Å². The molecule has 2 N–H and O–H groups in total. The van der Waals surface area contributed by atoms with Crippen molar-refractivity contribution in [3.8, 4) is 18.1 Å². The Morgan fingerprint density at radius 1 is 1.64 bits per heavy atom. The Balaban J connectivity index is 2.90. The van der Waals surface area contributed by atoms with Crippen LogP contribution in [0.4, 0.5) is 4.39 Å². The molecule has 0 aliphatic rings. The average Bonchev–Trinajstić information content (AvgIpc) is 2.18. The molecule has 0 radical (unpaired) electrons. The van der Waals surface area contributed by atoms with Crippen molar-refractivity contribution in [1.82, 2.24) is 5.32 Å². The SMILES string of the molecule is C#CCNC(=O)c1cc(F)ccc1O. The van der Waals surface area contributed by atoms with Crippen LogP contribution < -0.4 is 5.32 Å². The van der Waals surface area contributed by atoms with Gasteiger partial charge in [-0.15, -0.1) is 6.42 Å². The molecule has 0 saturated heterocycles. The molecule has 14 heavy (non-hydrogen) atoms. The molecule has 1 amide bonds. The number of hydrogen-bond donors (Lipinski definition) is 2. The van der Waals surface area contributed by atoms with Gasteiger partial charge < -0.3 is 10.4 Å². The second-order valence-electron chi connectivity index (χ2n) is 2.55. The summed E-state index contributed by atoms with van der Waals surface area (Å²) in [7, 11) is 0. The first-order valence-electron chi connectivity index (χ1n) is 3.85. The summed E-state index contributed by atoms with van der Waals surface area (Å²) in [6.45, 7) is 0.0365. The fourth-order valence-corrected chi connectivity index (χ4v) is 0.917. The highest BCUT2D eigenvalue weighted by Crippen LogP contribution is 2.17. The van der Waals surface area contributed by atoms with E-state index in [1.54, 1.807) is 0 Å². The zero-order chi connectivity index (χ0) is 10.6. The van der Waals surface area contributed by atoms with Crippen molar-refractivity contribution in [3.05, 3.63) is 29.6 Å². The maximum Gasteiger partial charge on any atom is 0.255 e. The van der Waals surface area contributed by atoms with Crippen LogP contribution in [0.3, 0.4) is 0 Å². The van der Waals surface area contributed by atoms with Crippen LogP contribution in [0.1, 0.15) is 10.4 Å². The topological polar surface area (TPSA) is 49.3 Å². The summed E-state index contributed by atoms with van der Waals surface area (Å²) >= 11 is 0. The highest BCUT2D eigenvalue weighted by atomic mass is 19.1. The molecule has 0 unspecified atom stereocenters. The Bertz CT molecular complexity index is 396. The summed E-state index contributed by atoms with van der Waals surface area (Å²) in [6, 6.07) is 3.12. The number of phenolic OH excluding ortho intramolecular Hbond substituents is 1. The smallest absolute Gasteiger partial charge is 0.255 e. The molecule has 1 aromatic rings. The van der Waals surface area contributed by atoms with Crippen molar-refractivity contribution < 1.29 is 14.3 Å². The van der Waals surface area contributed by atoms with E-state index in [0.717, 1.165) is 18.2 Å². The summed E-state index contributed by atoms with van der Waals surface area (Å²) in [5, 5.41) is 11.5. The van der Waals surface area contributed by atoms with Crippen LogP contribution in [0.5, 0.6) is 5.75 Å². The Kier molecular flexibility index (Phi) is 3.08. The molecule has 0 saturated carbocycles. The molecule has 0 aliphatic heterocycles. The van der Waals surface area contributed by atoms with Gasteiger partial charge in [-0.25, -0.2) is 4.39 Å². The number of halogens is 1. The highest BCUT2D eigenvalue weighted by Gasteiger charge is 2.10. The van der Waals surface area contributed by atoms with E-state index in [-0.39, 0.29) is 17.9 Å². The normalized spacial score (nSPS) is 9.14. The lowest BCUT2D eigenvalue weighted by atomic mass is 10.2. The van der Waals surface area contributed by atoms with Gasteiger partial charge in [0.05, 0.1) is 12.1 Å². The molecule has 3 nitrogen and oxygen atoms in total. The minimum Gasteiger partial charge on any atom is -0.507 e. The van der Waals surface area contributed by atoms with Crippen LogP contribution in [-0.4, -0.2) is 17.6 Å². The van der Waals surface area contributed by atoms with Gasteiger partial charge in [0.25, 0.3) is 5.91 Å². The van der Waals surface area contributed by atoms with Crippen molar-refractivity contribution >= 4 is 5.91 Å². The Hall–Kier alpha value is -2.02. The minimum absolute atomic E-state index is 0.0365. The molecule has 0 fully saturated rings. The highest BCUT2D eigenvalue weighted by molar-refractivity contribution is 5.96. The van der Waals surface area contributed by atoms with Crippen molar-refractivity contribution in [3.63, 3.8) is 0 Å². The molecule has 0 aliphatic carbocycles. The average molecular weight is 193 g/mol. The third kappa shape index (κ3) is 2.23. The third-order valence-corrected chi connectivity index (χ3v) is 1.55. The predicted molar refractivity (Wildman–Crippen MR) is 49.2 cm³/mol. The molecular weight excluding hydrogens is 185 g/mol. The van der Waals surface area contributed by atoms with Gasteiger partial charge in [-0.05, 0) is 18.2 Å². The number of terminal acetylenes is 1. The maximum absolute atomic E-state index is 12.7. The number of hydrogen-bond acceptors (Lipinski definition) is 2. The van der Waals surface area contributed by atoms with Crippen LogP contribution in [0, 0.1) is 18.2 Å². The monoisotopic (exact) mass is 193 g/mol. The number of rotatable bonds is 2. The molecule has 1 aromatic carbocycles. The van der Waals surface area contributed by atoms with Crippen LogP contribution in [0.25, 0.3) is 0 Å². The second kappa shape index (κ2) is 4.28. The van der Waals surface area contributed by atoms with Crippen molar-refractivity contribution in [1.29, 1.82) is 0 Å². The van der Waals surface area contributed by atoms with Gasteiger partial charge in [-0.1, -0.05) is 5.92 Å². The van der Waals surface area contributed by atoms with Gasteiger partial charge in [0.15, 0.2) is 0 Å². The van der Waals surface area contributed by atoms with Gasteiger partial charge in [0.2, 0.25) is 0 Å². The molecule has 72 valence electrons. The maximum atomic E-state index is 12.7. The first-order chi connectivity index (χ1) is 6.65. The molecule has 0 atom stereocenters. The lowest BCUT2D eigenvalue weighted by molar-refractivity contribution is 0.0955. The minimum atomic E-state index is -0.597. The predicted octanol–water partition coefficient (Wildman–Crippen LogP) is 0.894. The van der Waals surface area contributed by atoms with E-state index in [0.29, 0.717) is 0 Å². The Morgan fingerprint density at radius 3 is 3.00 bits per heavy atom. The fraction of sp³-hybridized carbons (Fsp3) is 0.100. The number of carbonyl (C=O) groups excluding carboxylic acids is 1. The Labute approximate surface area is 80.6 Å². The molecule has 0 heterocycles.